The molecule has 0 saturated carbocycles. The molecule has 17 heavy (non-hydrogen) atoms. The smallest absolute Gasteiger partial charge is 0.254 e. The standard InChI is InChI=1S/C12H13ClN2OS/c1-6(2)10-7(3)14-11(15-12(10)16)9-4-8(13)5-17-9/h4-6H,1-3H3,(H,14,15,16). The fraction of sp³-hybridized carbons (Fsp3) is 0.333. The summed E-state index contributed by atoms with van der Waals surface area (Å²) in [5.74, 6) is 0.765. The van der Waals surface area contributed by atoms with Crippen LogP contribution in [-0.4, -0.2) is 9.97 Å². The second-order valence-corrected chi connectivity index (χ2v) is 5.55. The second kappa shape index (κ2) is 4.63. The molecule has 90 valence electrons. The molecule has 0 aliphatic rings. The highest BCUT2D eigenvalue weighted by Crippen LogP contribution is 2.27. The minimum atomic E-state index is -0.0629. The topological polar surface area (TPSA) is 45.8 Å². The second-order valence-electron chi connectivity index (χ2n) is 4.20. The number of H-pyrrole nitrogens is 1. The van der Waals surface area contributed by atoms with Gasteiger partial charge in [0.25, 0.3) is 5.56 Å². The van der Waals surface area contributed by atoms with Gasteiger partial charge in [-0.3, -0.25) is 4.79 Å². The Morgan fingerprint density at radius 2 is 2.18 bits per heavy atom. The van der Waals surface area contributed by atoms with Crippen LogP contribution in [0.15, 0.2) is 16.2 Å². The number of hydrogen-bond acceptors (Lipinski definition) is 3. The number of nitrogens with one attached hydrogen (secondary N) is 1. The molecule has 0 aliphatic carbocycles. The summed E-state index contributed by atoms with van der Waals surface area (Å²) in [4.78, 5) is 20.1. The predicted octanol–water partition coefficient (Wildman–Crippen LogP) is 3.58. The Morgan fingerprint density at radius 1 is 1.47 bits per heavy atom. The zero-order valence-corrected chi connectivity index (χ0v) is 11.4. The van der Waals surface area contributed by atoms with Crippen LogP contribution in [0.3, 0.4) is 0 Å². The molecular weight excluding hydrogens is 256 g/mol. The van der Waals surface area contributed by atoms with Crippen LogP contribution >= 0.6 is 22.9 Å². The van der Waals surface area contributed by atoms with Crippen molar-refractivity contribution >= 4 is 22.9 Å². The summed E-state index contributed by atoms with van der Waals surface area (Å²) < 4.78 is 0. The zero-order valence-electron chi connectivity index (χ0n) is 9.87. The molecule has 3 nitrogen and oxygen atoms in total. The van der Waals surface area contributed by atoms with Gasteiger partial charge in [0.2, 0.25) is 0 Å². The monoisotopic (exact) mass is 268 g/mol. The van der Waals surface area contributed by atoms with Gasteiger partial charge in [-0.1, -0.05) is 25.4 Å². The normalized spacial score (nSPS) is 11.1. The lowest BCUT2D eigenvalue weighted by Gasteiger charge is -2.08. The van der Waals surface area contributed by atoms with Gasteiger partial charge in [0, 0.05) is 16.6 Å². The minimum absolute atomic E-state index is 0.0629. The maximum Gasteiger partial charge on any atom is 0.254 e. The van der Waals surface area contributed by atoms with E-state index in [4.69, 9.17) is 11.6 Å². The quantitative estimate of drug-likeness (QED) is 0.905. The van der Waals surface area contributed by atoms with E-state index in [1.54, 1.807) is 6.07 Å². The minimum Gasteiger partial charge on any atom is -0.306 e. The summed E-state index contributed by atoms with van der Waals surface area (Å²) in [6.07, 6.45) is 0. The maximum absolute atomic E-state index is 12.0. The number of aromatic nitrogens is 2. The first-order chi connectivity index (χ1) is 7.99. The Kier molecular flexibility index (Phi) is 3.35. The number of aryl methyl sites for hydroxylation is 1. The van der Waals surface area contributed by atoms with Gasteiger partial charge in [0.1, 0.15) is 0 Å². The van der Waals surface area contributed by atoms with Crippen LogP contribution in [0.1, 0.15) is 31.0 Å². The van der Waals surface area contributed by atoms with Crippen LogP contribution in [0.25, 0.3) is 10.7 Å². The number of hydrogen-bond donors (Lipinski definition) is 1. The van der Waals surface area contributed by atoms with Gasteiger partial charge >= 0.3 is 0 Å². The maximum atomic E-state index is 12.0. The van der Waals surface area contributed by atoms with Gasteiger partial charge in [-0.2, -0.15) is 0 Å². The van der Waals surface area contributed by atoms with Crippen LogP contribution in [-0.2, 0) is 0 Å². The van der Waals surface area contributed by atoms with E-state index < -0.39 is 0 Å². The highest BCUT2D eigenvalue weighted by atomic mass is 35.5. The number of rotatable bonds is 2. The molecular formula is C12H13ClN2OS. The third kappa shape index (κ3) is 2.42. The van der Waals surface area contributed by atoms with E-state index in [0.29, 0.717) is 10.8 Å². The summed E-state index contributed by atoms with van der Waals surface area (Å²) in [5.41, 5.74) is 1.46. The Morgan fingerprint density at radius 3 is 2.65 bits per heavy atom. The van der Waals surface area contributed by atoms with Crippen molar-refractivity contribution in [2.75, 3.05) is 0 Å². The van der Waals surface area contributed by atoms with Gasteiger partial charge in [0.05, 0.1) is 9.90 Å². The molecule has 0 spiro atoms. The van der Waals surface area contributed by atoms with E-state index in [1.165, 1.54) is 11.3 Å². The lowest BCUT2D eigenvalue weighted by molar-refractivity contribution is 0.815. The van der Waals surface area contributed by atoms with E-state index >= 15 is 0 Å². The Bertz CT molecular complexity index is 601. The highest BCUT2D eigenvalue weighted by Gasteiger charge is 2.13. The molecule has 0 atom stereocenters. The van der Waals surface area contributed by atoms with Gasteiger partial charge in [0.15, 0.2) is 5.82 Å². The van der Waals surface area contributed by atoms with Crippen molar-refractivity contribution in [1.29, 1.82) is 0 Å². The predicted molar refractivity (Wildman–Crippen MR) is 72.0 cm³/mol. The van der Waals surface area contributed by atoms with Crippen LogP contribution in [0, 0.1) is 6.92 Å². The average molecular weight is 269 g/mol. The first-order valence-corrected chi connectivity index (χ1v) is 6.60. The van der Waals surface area contributed by atoms with E-state index in [-0.39, 0.29) is 11.5 Å². The van der Waals surface area contributed by atoms with Crippen molar-refractivity contribution in [3.05, 3.63) is 38.1 Å². The molecule has 0 aromatic carbocycles. The summed E-state index contributed by atoms with van der Waals surface area (Å²) in [7, 11) is 0. The van der Waals surface area contributed by atoms with Gasteiger partial charge in [-0.15, -0.1) is 11.3 Å². The summed E-state index contributed by atoms with van der Waals surface area (Å²) in [6.45, 7) is 5.84. The molecule has 0 amide bonds. The largest absolute Gasteiger partial charge is 0.306 e. The molecule has 0 fully saturated rings. The van der Waals surface area contributed by atoms with Crippen LogP contribution in [0.2, 0.25) is 5.02 Å². The van der Waals surface area contributed by atoms with E-state index in [9.17, 15) is 4.79 Å². The van der Waals surface area contributed by atoms with Crippen molar-refractivity contribution in [3.63, 3.8) is 0 Å². The lowest BCUT2D eigenvalue weighted by atomic mass is 10.0. The molecule has 2 aromatic rings. The Hall–Kier alpha value is -1.13. The molecule has 5 heteroatoms. The highest BCUT2D eigenvalue weighted by molar-refractivity contribution is 7.14. The molecule has 1 N–H and O–H groups in total. The molecule has 2 rings (SSSR count). The van der Waals surface area contributed by atoms with Crippen molar-refractivity contribution in [1.82, 2.24) is 9.97 Å². The van der Waals surface area contributed by atoms with Gasteiger partial charge in [-0.05, 0) is 18.9 Å². The first-order valence-electron chi connectivity index (χ1n) is 5.34. The van der Waals surface area contributed by atoms with Crippen LogP contribution < -0.4 is 5.56 Å². The van der Waals surface area contributed by atoms with Crippen molar-refractivity contribution in [2.24, 2.45) is 0 Å². The number of thiophene rings is 1. The molecule has 0 unspecified atom stereocenters. The molecule has 0 saturated heterocycles. The third-order valence-electron chi connectivity index (χ3n) is 2.52. The van der Waals surface area contributed by atoms with Crippen molar-refractivity contribution < 1.29 is 0 Å². The SMILES string of the molecule is Cc1nc(-c2cc(Cl)cs2)[nH]c(=O)c1C(C)C. The van der Waals surface area contributed by atoms with Gasteiger partial charge in [-0.25, -0.2) is 4.98 Å². The molecule has 0 radical (unpaired) electrons. The molecule has 2 heterocycles. The fourth-order valence-electron chi connectivity index (χ4n) is 1.83. The van der Waals surface area contributed by atoms with E-state index in [0.717, 1.165) is 16.1 Å². The van der Waals surface area contributed by atoms with Crippen LogP contribution in [0.5, 0.6) is 0 Å². The third-order valence-corrected chi connectivity index (χ3v) is 3.81. The van der Waals surface area contributed by atoms with E-state index in [2.05, 4.69) is 9.97 Å². The molecule has 2 aromatic heterocycles. The average Bonchev–Trinajstić information content (AvgIpc) is 2.63. The Labute approximate surface area is 108 Å². The van der Waals surface area contributed by atoms with Crippen molar-refractivity contribution in [3.8, 4) is 10.7 Å². The first kappa shape index (κ1) is 12.3. The zero-order chi connectivity index (χ0) is 12.6. The number of aromatic amines is 1. The van der Waals surface area contributed by atoms with Crippen LogP contribution in [0.4, 0.5) is 0 Å². The van der Waals surface area contributed by atoms with Gasteiger partial charge < -0.3 is 4.98 Å². The fourth-order valence-corrected chi connectivity index (χ4v) is 2.85. The van der Waals surface area contributed by atoms with Crippen molar-refractivity contribution in [2.45, 2.75) is 26.7 Å². The summed E-state index contributed by atoms with van der Waals surface area (Å²) >= 11 is 7.33. The molecule has 0 aliphatic heterocycles. The lowest BCUT2D eigenvalue weighted by Crippen LogP contribution is -2.18. The summed E-state index contributed by atoms with van der Waals surface area (Å²) in [6, 6.07) is 1.80. The Balaban J connectivity index is 2.57. The van der Waals surface area contributed by atoms with E-state index in [1.807, 2.05) is 26.2 Å². The number of nitrogens with zero attached hydrogens (tertiary/aromatic N) is 1. The molecule has 0 bridgehead atoms. The summed E-state index contributed by atoms with van der Waals surface area (Å²) in [5, 5.41) is 2.49. The number of halogens is 1.